The van der Waals surface area contributed by atoms with Crippen LogP contribution in [0.1, 0.15) is 22.3 Å². The number of nitro groups is 1. The standard InChI is InChI=1S/C26H22N2O5S2/c1-16-9-10-20(17(2)11-16)27-25(29)24(35-26(27)34)13-19-12-22(32-3)23(14-21(19)28(30)31)33-15-18-7-5-4-6-8-18/h4-14H,15H2,1-3H3/b24-13-. The molecule has 0 saturated carbocycles. The van der Waals surface area contributed by atoms with Crippen molar-refractivity contribution in [1.82, 2.24) is 0 Å². The van der Waals surface area contributed by atoms with E-state index in [0.29, 0.717) is 15.8 Å². The highest BCUT2D eigenvalue weighted by Gasteiger charge is 2.35. The van der Waals surface area contributed by atoms with E-state index in [2.05, 4.69) is 0 Å². The number of methoxy groups -OCH3 is 1. The molecule has 1 fully saturated rings. The molecule has 178 valence electrons. The predicted molar refractivity (Wildman–Crippen MR) is 142 cm³/mol. The molecule has 9 heteroatoms. The smallest absolute Gasteiger partial charge is 0.280 e. The first-order valence-electron chi connectivity index (χ1n) is 10.7. The van der Waals surface area contributed by atoms with Crippen LogP contribution in [0.5, 0.6) is 11.5 Å². The average molecular weight is 507 g/mol. The SMILES string of the molecule is COc1cc(/C=C2\SC(=S)N(c3ccc(C)cc3C)C2=O)c([N+](=O)[O-])cc1OCc1ccccc1. The van der Waals surface area contributed by atoms with Gasteiger partial charge >= 0.3 is 0 Å². The summed E-state index contributed by atoms with van der Waals surface area (Å²) in [6.07, 6.45) is 1.48. The zero-order chi connectivity index (χ0) is 25.1. The molecule has 7 nitrogen and oxygen atoms in total. The molecule has 0 unspecified atom stereocenters. The number of nitrogens with zero attached hydrogens (tertiary/aromatic N) is 2. The summed E-state index contributed by atoms with van der Waals surface area (Å²) in [5.74, 6) is 0.232. The molecule has 1 aliphatic heterocycles. The number of nitro benzene ring substituents is 1. The van der Waals surface area contributed by atoms with Crippen LogP contribution >= 0.6 is 24.0 Å². The van der Waals surface area contributed by atoms with Gasteiger partial charge in [-0.2, -0.15) is 0 Å². The first kappa shape index (κ1) is 24.4. The van der Waals surface area contributed by atoms with Gasteiger partial charge in [-0.3, -0.25) is 19.8 Å². The lowest BCUT2D eigenvalue weighted by molar-refractivity contribution is -0.385. The minimum absolute atomic E-state index is 0.203. The van der Waals surface area contributed by atoms with Crippen molar-refractivity contribution in [2.75, 3.05) is 12.0 Å². The van der Waals surface area contributed by atoms with Crippen molar-refractivity contribution in [1.29, 1.82) is 0 Å². The quantitative estimate of drug-likeness (QED) is 0.163. The lowest BCUT2D eigenvalue weighted by Crippen LogP contribution is -2.28. The monoisotopic (exact) mass is 506 g/mol. The molecule has 4 rings (SSSR count). The van der Waals surface area contributed by atoms with Crippen LogP contribution in [0.3, 0.4) is 0 Å². The Kier molecular flexibility index (Phi) is 7.18. The molecule has 3 aromatic carbocycles. The van der Waals surface area contributed by atoms with Crippen LogP contribution in [0.4, 0.5) is 11.4 Å². The first-order chi connectivity index (χ1) is 16.8. The zero-order valence-electron chi connectivity index (χ0n) is 19.3. The normalized spacial score (nSPS) is 14.5. The van der Waals surface area contributed by atoms with Crippen LogP contribution in [0.15, 0.2) is 65.6 Å². The Morgan fingerprint density at radius 3 is 2.49 bits per heavy atom. The average Bonchev–Trinajstić information content (AvgIpc) is 3.11. The topological polar surface area (TPSA) is 81.9 Å². The molecular weight excluding hydrogens is 484 g/mol. The summed E-state index contributed by atoms with van der Waals surface area (Å²) < 4.78 is 11.6. The van der Waals surface area contributed by atoms with Crippen molar-refractivity contribution >= 4 is 51.7 Å². The van der Waals surface area contributed by atoms with Crippen molar-refractivity contribution in [2.24, 2.45) is 0 Å². The maximum Gasteiger partial charge on any atom is 0.280 e. The van der Waals surface area contributed by atoms with Crippen LogP contribution in [-0.2, 0) is 11.4 Å². The van der Waals surface area contributed by atoms with Crippen LogP contribution in [0.25, 0.3) is 6.08 Å². The van der Waals surface area contributed by atoms with Crippen molar-refractivity contribution in [3.8, 4) is 11.5 Å². The van der Waals surface area contributed by atoms with E-state index >= 15 is 0 Å². The molecule has 1 amide bonds. The van der Waals surface area contributed by atoms with Crippen molar-refractivity contribution in [2.45, 2.75) is 20.5 Å². The van der Waals surface area contributed by atoms with Gasteiger partial charge in [-0.1, -0.05) is 72.0 Å². The number of carbonyl (C=O) groups excluding carboxylic acids is 1. The number of thioether (sulfide) groups is 1. The second-order valence-electron chi connectivity index (χ2n) is 7.90. The van der Waals surface area contributed by atoms with Crippen molar-refractivity contribution in [3.05, 3.63) is 97.9 Å². The molecular formula is C26H22N2O5S2. The number of ether oxygens (including phenoxy) is 2. The summed E-state index contributed by atoms with van der Waals surface area (Å²) in [6.45, 7) is 4.11. The van der Waals surface area contributed by atoms with Gasteiger partial charge in [0.1, 0.15) is 6.61 Å². The second-order valence-corrected chi connectivity index (χ2v) is 9.58. The van der Waals surface area contributed by atoms with Crippen molar-refractivity contribution in [3.63, 3.8) is 0 Å². The lowest BCUT2D eigenvalue weighted by atomic mass is 10.1. The molecule has 3 aromatic rings. The molecule has 1 aliphatic rings. The second kappa shape index (κ2) is 10.3. The van der Waals surface area contributed by atoms with Crippen LogP contribution in [0, 0.1) is 24.0 Å². The maximum atomic E-state index is 13.2. The minimum Gasteiger partial charge on any atom is -0.493 e. The van der Waals surface area contributed by atoms with Gasteiger partial charge in [-0.15, -0.1) is 0 Å². The Morgan fingerprint density at radius 2 is 1.83 bits per heavy atom. The number of rotatable bonds is 7. The summed E-state index contributed by atoms with van der Waals surface area (Å²) in [5.41, 5.74) is 3.61. The molecule has 0 aromatic heterocycles. The molecule has 1 heterocycles. The Labute approximate surface area is 212 Å². The summed E-state index contributed by atoms with van der Waals surface area (Å²) >= 11 is 6.57. The highest BCUT2D eigenvalue weighted by Crippen LogP contribution is 2.41. The first-order valence-corrected chi connectivity index (χ1v) is 11.9. The van der Waals surface area contributed by atoms with Gasteiger partial charge in [0.2, 0.25) is 0 Å². The van der Waals surface area contributed by atoms with E-state index in [-0.39, 0.29) is 34.4 Å². The fraction of sp³-hybridized carbons (Fsp3) is 0.154. The van der Waals surface area contributed by atoms with Gasteiger partial charge in [0.15, 0.2) is 15.8 Å². The molecule has 0 spiro atoms. The largest absolute Gasteiger partial charge is 0.493 e. The van der Waals surface area contributed by atoms with Crippen LogP contribution in [-0.4, -0.2) is 22.3 Å². The Bertz CT molecular complexity index is 1360. The third-order valence-electron chi connectivity index (χ3n) is 5.42. The number of hydrogen-bond acceptors (Lipinski definition) is 7. The highest BCUT2D eigenvalue weighted by molar-refractivity contribution is 8.27. The van der Waals surface area contributed by atoms with E-state index in [4.69, 9.17) is 21.7 Å². The minimum atomic E-state index is -0.508. The van der Waals surface area contributed by atoms with E-state index in [1.807, 2.05) is 62.4 Å². The molecule has 0 radical (unpaired) electrons. The van der Waals surface area contributed by atoms with Gasteiger partial charge in [0.05, 0.1) is 34.3 Å². The van der Waals surface area contributed by atoms with Gasteiger partial charge < -0.3 is 9.47 Å². The maximum absolute atomic E-state index is 13.2. The molecule has 0 aliphatic carbocycles. The number of aryl methyl sites for hydroxylation is 2. The molecule has 0 bridgehead atoms. The van der Waals surface area contributed by atoms with E-state index in [9.17, 15) is 14.9 Å². The highest BCUT2D eigenvalue weighted by atomic mass is 32.2. The Morgan fingerprint density at radius 1 is 1.09 bits per heavy atom. The van der Waals surface area contributed by atoms with Crippen molar-refractivity contribution < 1.29 is 19.2 Å². The van der Waals surface area contributed by atoms with Gasteiger partial charge in [0.25, 0.3) is 11.6 Å². The summed E-state index contributed by atoms with van der Waals surface area (Å²) in [7, 11) is 1.46. The number of hydrogen-bond donors (Lipinski definition) is 0. The number of benzene rings is 3. The van der Waals surface area contributed by atoms with Gasteiger partial charge in [0, 0.05) is 0 Å². The van der Waals surface area contributed by atoms with Gasteiger partial charge in [-0.05, 0) is 43.2 Å². The van der Waals surface area contributed by atoms with E-state index in [1.165, 1.54) is 30.2 Å². The predicted octanol–water partition coefficient (Wildman–Crippen LogP) is 6.21. The van der Waals surface area contributed by atoms with E-state index < -0.39 is 4.92 Å². The third-order valence-corrected chi connectivity index (χ3v) is 6.72. The van der Waals surface area contributed by atoms with Gasteiger partial charge in [-0.25, -0.2) is 0 Å². The fourth-order valence-electron chi connectivity index (χ4n) is 3.72. The molecule has 35 heavy (non-hydrogen) atoms. The van der Waals surface area contributed by atoms with E-state index in [0.717, 1.165) is 28.5 Å². The Balaban J connectivity index is 1.68. The molecule has 1 saturated heterocycles. The summed E-state index contributed by atoms with van der Waals surface area (Å²) in [5, 5.41) is 11.9. The van der Waals surface area contributed by atoms with Crippen LogP contribution < -0.4 is 14.4 Å². The fourth-order valence-corrected chi connectivity index (χ4v) is 4.99. The van der Waals surface area contributed by atoms with Crippen LogP contribution in [0.2, 0.25) is 0 Å². The Hall–Kier alpha value is -3.69. The number of anilines is 1. The molecule has 0 atom stereocenters. The van der Waals surface area contributed by atoms with E-state index in [1.54, 1.807) is 0 Å². The number of carbonyl (C=O) groups is 1. The summed E-state index contributed by atoms with van der Waals surface area (Å²) in [6, 6.07) is 18.0. The molecule has 0 N–H and O–H groups in total. The lowest BCUT2D eigenvalue weighted by Gasteiger charge is -2.17. The number of amides is 1. The number of thiocarbonyl (C=S) groups is 1. The third kappa shape index (κ3) is 5.21. The summed E-state index contributed by atoms with van der Waals surface area (Å²) in [4.78, 5) is 26.4. The zero-order valence-corrected chi connectivity index (χ0v) is 20.9.